The van der Waals surface area contributed by atoms with E-state index in [0.29, 0.717) is 18.1 Å². The minimum atomic E-state index is 0.481. The van der Waals surface area contributed by atoms with E-state index in [1.165, 1.54) is 30.4 Å². The van der Waals surface area contributed by atoms with Crippen LogP contribution < -0.4 is 5.32 Å². The van der Waals surface area contributed by atoms with Crippen LogP contribution in [0.5, 0.6) is 0 Å². The average molecular weight is 259 g/mol. The van der Waals surface area contributed by atoms with E-state index >= 15 is 0 Å². The predicted molar refractivity (Wildman–Crippen MR) is 78.2 cm³/mol. The van der Waals surface area contributed by atoms with Gasteiger partial charge in [0.15, 0.2) is 0 Å². The van der Waals surface area contributed by atoms with E-state index in [4.69, 9.17) is 4.74 Å². The van der Waals surface area contributed by atoms with Gasteiger partial charge in [-0.1, -0.05) is 38.1 Å². The maximum absolute atomic E-state index is 5.87. The Hall–Kier alpha value is -0.860. The highest BCUT2D eigenvalue weighted by Crippen LogP contribution is 2.38. The van der Waals surface area contributed by atoms with Gasteiger partial charge in [-0.05, 0) is 42.2 Å². The number of benzene rings is 1. The molecule has 2 heteroatoms. The monoisotopic (exact) mass is 259 g/mol. The Morgan fingerprint density at radius 2 is 1.89 bits per heavy atom. The third kappa shape index (κ3) is 3.18. The molecule has 104 valence electrons. The molecule has 0 spiro atoms. The fourth-order valence-corrected chi connectivity index (χ4v) is 2.99. The molecule has 2 unspecified atom stereocenters. The zero-order valence-electron chi connectivity index (χ0n) is 12.1. The van der Waals surface area contributed by atoms with Gasteiger partial charge < -0.3 is 10.1 Å². The maximum Gasteiger partial charge on any atom is 0.0757 e. The van der Waals surface area contributed by atoms with Gasteiger partial charge in [0.25, 0.3) is 0 Å². The molecule has 1 aromatic carbocycles. The lowest BCUT2D eigenvalue weighted by Crippen LogP contribution is -2.37. The summed E-state index contributed by atoms with van der Waals surface area (Å²) in [5.74, 6) is 1.45. The molecule has 0 aromatic heterocycles. The van der Waals surface area contributed by atoms with E-state index in [1.807, 2.05) is 0 Å². The molecule has 2 atom stereocenters. The fraction of sp³-hybridized carbons (Fsp3) is 0.647. The van der Waals surface area contributed by atoms with Crippen molar-refractivity contribution >= 4 is 0 Å². The topological polar surface area (TPSA) is 21.3 Å². The van der Waals surface area contributed by atoms with Crippen molar-refractivity contribution in [2.24, 2.45) is 5.92 Å². The van der Waals surface area contributed by atoms with Crippen molar-refractivity contribution in [3.05, 3.63) is 35.4 Å². The molecule has 0 amide bonds. The van der Waals surface area contributed by atoms with E-state index in [-0.39, 0.29) is 0 Å². The quantitative estimate of drug-likeness (QED) is 0.874. The fourth-order valence-electron chi connectivity index (χ4n) is 2.99. The molecular weight excluding hydrogens is 234 g/mol. The zero-order chi connectivity index (χ0) is 13.2. The molecule has 1 aliphatic carbocycles. The second kappa shape index (κ2) is 5.64. The van der Waals surface area contributed by atoms with E-state index in [2.05, 4.69) is 43.4 Å². The van der Waals surface area contributed by atoms with Crippen LogP contribution in [0.2, 0.25) is 0 Å². The second-order valence-electron chi connectivity index (χ2n) is 6.35. The molecule has 3 rings (SSSR count). The average Bonchev–Trinajstić information content (AvgIpc) is 3.16. The summed E-state index contributed by atoms with van der Waals surface area (Å²) in [6, 6.07) is 9.59. The standard InChI is InChI=1S/C17H25NO/c1-12(2)14-5-3-13(4-6-14)11-18-16-9-10-19-17(16)15-7-8-15/h3-6,12,15-18H,7-11H2,1-2H3. The second-order valence-corrected chi connectivity index (χ2v) is 6.35. The normalized spacial score (nSPS) is 27.1. The van der Waals surface area contributed by atoms with E-state index in [0.717, 1.165) is 19.1 Å². The van der Waals surface area contributed by atoms with Crippen LogP contribution in [-0.4, -0.2) is 18.8 Å². The van der Waals surface area contributed by atoms with E-state index in [9.17, 15) is 0 Å². The molecule has 2 fully saturated rings. The lowest BCUT2D eigenvalue weighted by molar-refractivity contribution is 0.0809. The summed E-state index contributed by atoms with van der Waals surface area (Å²) in [7, 11) is 0. The van der Waals surface area contributed by atoms with Gasteiger partial charge in [0.1, 0.15) is 0 Å². The van der Waals surface area contributed by atoms with Gasteiger partial charge in [0.2, 0.25) is 0 Å². The number of nitrogens with one attached hydrogen (secondary N) is 1. The molecule has 0 radical (unpaired) electrons. The van der Waals surface area contributed by atoms with Gasteiger partial charge in [0, 0.05) is 19.2 Å². The van der Waals surface area contributed by atoms with Crippen LogP contribution in [0.1, 0.15) is 50.2 Å². The van der Waals surface area contributed by atoms with E-state index in [1.54, 1.807) is 0 Å². The SMILES string of the molecule is CC(C)c1ccc(CNC2CCOC2C2CC2)cc1. The first-order valence-electron chi connectivity index (χ1n) is 7.68. The van der Waals surface area contributed by atoms with Crippen LogP contribution in [0.25, 0.3) is 0 Å². The lowest BCUT2D eigenvalue weighted by Gasteiger charge is -2.19. The summed E-state index contributed by atoms with van der Waals surface area (Å²) in [5, 5.41) is 3.69. The smallest absolute Gasteiger partial charge is 0.0757 e. The van der Waals surface area contributed by atoms with Gasteiger partial charge in [-0.25, -0.2) is 0 Å². The van der Waals surface area contributed by atoms with E-state index < -0.39 is 0 Å². The maximum atomic E-state index is 5.87. The highest BCUT2D eigenvalue weighted by Gasteiger charge is 2.40. The Bertz CT molecular complexity index is 408. The van der Waals surface area contributed by atoms with Crippen LogP contribution in [0.3, 0.4) is 0 Å². The van der Waals surface area contributed by atoms with Crippen molar-refractivity contribution in [3.8, 4) is 0 Å². The van der Waals surface area contributed by atoms with Crippen LogP contribution in [0, 0.1) is 5.92 Å². The summed E-state index contributed by atoms with van der Waals surface area (Å²) in [6.07, 6.45) is 4.39. The molecule has 1 heterocycles. The van der Waals surface area contributed by atoms with Crippen molar-refractivity contribution in [2.45, 2.75) is 57.7 Å². The summed E-state index contributed by atoms with van der Waals surface area (Å²) in [4.78, 5) is 0. The minimum absolute atomic E-state index is 0.481. The van der Waals surface area contributed by atoms with Crippen molar-refractivity contribution in [3.63, 3.8) is 0 Å². The number of rotatable bonds is 5. The van der Waals surface area contributed by atoms with Crippen LogP contribution in [0.15, 0.2) is 24.3 Å². The summed E-state index contributed by atoms with van der Waals surface area (Å²) in [6.45, 7) is 6.38. The van der Waals surface area contributed by atoms with Crippen molar-refractivity contribution in [1.29, 1.82) is 0 Å². The Balaban J connectivity index is 1.53. The molecule has 0 bridgehead atoms. The molecule has 1 saturated heterocycles. The first-order chi connectivity index (χ1) is 9.24. The van der Waals surface area contributed by atoms with Crippen molar-refractivity contribution in [2.75, 3.05) is 6.61 Å². The molecule has 1 N–H and O–H groups in total. The molecule has 1 saturated carbocycles. The highest BCUT2D eigenvalue weighted by molar-refractivity contribution is 5.24. The summed E-state index contributed by atoms with van der Waals surface area (Å²) < 4.78 is 5.87. The molecule has 2 nitrogen and oxygen atoms in total. The van der Waals surface area contributed by atoms with Crippen LogP contribution >= 0.6 is 0 Å². The number of ether oxygens (including phenoxy) is 1. The lowest BCUT2D eigenvalue weighted by atomic mass is 10.0. The van der Waals surface area contributed by atoms with Crippen LogP contribution in [0.4, 0.5) is 0 Å². The largest absolute Gasteiger partial charge is 0.376 e. The molecule has 19 heavy (non-hydrogen) atoms. The van der Waals surface area contributed by atoms with Crippen LogP contribution in [-0.2, 0) is 11.3 Å². The molecule has 1 aromatic rings. The van der Waals surface area contributed by atoms with Crippen molar-refractivity contribution < 1.29 is 4.74 Å². The predicted octanol–water partition coefficient (Wildman–Crippen LogP) is 3.47. The third-order valence-corrected chi connectivity index (χ3v) is 4.44. The number of hydrogen-bond acceptors (Lipinski definition) is 2. The third-order valence-electron chi connectivity index (χ3n) is 4.44. The minimum Gasteiger partial charge on any atom is -0.376 e. The van der Waals surface area contributed by atoms with Gasteiger partial charge in [-0.2, -0.15) is 0 Å². The Morgan fingerprint density at radius 1 is 1.16 bits per heavy atom. The molecule has 1 aliphatic heterocycles. The first kappa shape index (κ1) is 13.1. The van der Waals surface area contributed by atoms with Gasteiger partial charge >= 0.3 is 0 Å². The van der Waals surface area contributed by atoms with Gasteiger partial charge in [-0.15, -0.1) is 0 Å². The zero-order valence-corrected chi connectivity index (χ0v) is 12.1. The first-order valence-corrected chi connectivity index (χ1v) is 7.68. The molecule has 2 aliphatic rings. The van der Waals surface area contributed by atoms with Gasteiger partial charge in [-0.3, -0.25) is 0 Å². The summed E-state index contributed by atoms with van der Waals surface area (Å²) in [5.41, 5.74) is 2.80. The Morgan fingerprint density at radius 3 is 2.53 bits per heavy atom. The highest BCUT2D eigenvalue weighted by atomic mass is 16.5. The Kier molecular flexibility index (Phi) is 3.90. The Labute approximate surface area is 116 Å². The van der Waals surface area contributed by atoms with Crippen molar-refractivity contribution in [1.82, 2.24) is 5.32 Å². The van der Waals surface area contributed by atoms with Gasteiger partial charge in [0.05, 0.1) is 6.10 Å². The number of hydrogen-bond donors (Lipinski definition) is 1. The molecular formula is C17H25NO. The summed E-state index contributed by atoms with van der Waals surface area (Å²) >= 11 is 0.